The van der Waals surface area contributed by atoms with Crippen molar-refractivity contribution in [1.29, 1.82) is 0 Å². The molecule has 0 unspecified atom stereocenters. The monoisotopic (exact) mass is 435 g/mol. The van der Waals surface area contributed by atoms with Crippen molar-refractivity contribution in [2.24, 2.45) is 0 Å². The predicted molar refractivity (Wildman–Crippen MR) is 114 cm³/mol. The quantitative estimate of drug-likeness (QED) is 0.504. The van der Waals surface area contributed by atoms with Gasteiger partial charge in [-0.3, -0.25) is 4.79 Å². The molecule has 0 radical (unpaired) electrons. The SMILES string of the molecule is CCCc1ccc(OCC(=O)N(C2CCCCC2)C2CCCCC2)c(Br)c1. The van der Waals surface area contributed by atoms with E-state index in [2.05, 4.69) is 39.9 Å². The van der Waals surface area contributed by atoms with Crippen LogP contribution in [0.15, 0.2) is 22.7 Å². The predicted octanol–water partition coefficient (Wildman–Crippen LogP) is 6.27. The standard InChI is InChI=1S/C23H34BrNO2/c1-2-9-18-14-15-22(21(24)16-18)27-17-23(26)25(19-10-5-3-6-11-19)20-12-7-4-8-13-20/h14-16,19-20H,2-13,17H2,1H3. The van der Waals surface area contributed by atoms with Crippen LogP contribution in [-0.2, 0) is 11.2 Å². The number of ether oxygens (including phenoxy) is 1. The number of hydrogen-bond acceptors (Lipinski definition) is 2. The summed E-state index contributed by atoms with van der Waals surface area (Å²) in [5, 5.41) is 0. The van der Waals surface area contributed by atoms with Gasteiger partial charge >= 0.3 is 0 Å². The lowest BCUT2D eigenvalue weighted by molar-refractivity contribution is -0.140. The third kappa shape index (κ3) is 5.73. The maximum absolute atomic E-state index is 13.2. The van der Waals surface area contributed by atoms with Gasteiger partial charge in [0.25, 0.3) is 5.91 Å². The summed E-state index contributed by atoms with van der Waals surface area (Å²) in [6.45, 7) is 2.33. The Labute approximate surface area is 173 Å². The summed E-state index contributed by atoms with van der Waals surface area (Å²) in [4.78, 5) is 15.4. The van der Waals surface area contributed by atoms with Gasteiger partial charge in [0, 0.05) is 12.1 Å². The molecule has 3 rings (SSSR count). The van der Waals surface area contributed by atoms with E-state index in [-0.39, 0.29) is 12.5 Å². The molecule has 0 atom stereocenters. The van der Waals surface area contributed by atoms with Gasteiger partial charge in [-0.1, -0.05) is 57.9 Å². The second-order valence-electron chi connectivity index (χ2n) is 8.19. The van der Waals surface area contributed by atoms with Crippen LogP contribution in [0.3, 0.4) is 0 Å². The lowest BCUT2D eigenvalue weighted by atomic mass is 9.88. The first kappa shape index (κ1) is 20.7. The maximum Gasteiger partial charge on any atom is 0.261 e. The van der Waals surface area contributed by atoms with Gasteiger partial charge in [0.1, 0.15) is 5.75 Å². The Morgan fingerprint density at radius 3 is 2.15 bits per heavy atom. The maximum atomic E-state index is 13.2. The molecule has 150 valence electrons. The number of hydrogen-bond donors (Lipinski definition) is 0. The van der Waals surface area contributed by atoms with Gasteiger partial charge in [0.05, 0.1) is 4.47 Å². The summed E-state index contributed by atoms with van der Waals surface area (Å²) in [6, 6.07) is 7.06. The van der Waals surface area contributed by atoms with Crippen molar-refractivity contribution in [2.75, 3.05) is 6.61 Å². The van der Waals surface area contributed by atoms with Gasteiger partial charge in [0.15, 0.2) is 6.61 Å². The zero-order valence-corrected chi connectivity index (χ0v) is 18.3. The highest BCUT2D eigenvalue weighted by Gasteiger charge is 2.32. The highest BCUT2D eigenvalue weighted by Crippen LogP contribution is 2.31. The molecule has 1 aromatic carbocycles. The molecule has 1 amide bonds. The van der Waals surface area contributed by atoms with Crippen molar-refractivity contribution in [3.8, 4) is 5.75 Å². The second-order valence-corrected chi connectivity index (χ2v) is 9.04. The summed E-state index contributed by atoms with van der Waals surface area (Å²) in [5.41, 5.74) is 1.30. The number of carbonyl (C=O) groups excluding carboxylic acids is 1. The minimum Gasteiger partial charge on any atom is -0.483 e. The molecule has 1 aromatic rings. The highest BCUT2D eigenvalue weighted by molar-refractivity contribution is 9.10. The summed E-state index contributed by atoms with van der Waals surface area (Å²) in [6.07, 6.45) is 14.5. The number of nitrogens with zero attached hydrogens (tertiary/aromatic N) is 1. The van der Waals surface area contributed by atoms with Crippen molar-refractivity contribution in [1.82, 2.24) is 4.90 Å². The highest BCUT2D eigenvalue weighted by atomic mass is 79.9. The van der Waals surface area contributed by atoms with Gasteiger partial charge in [0.2, 0.25) is 0 Å². The number of rotatable bonds is 7. The molecule has 0 bridgehead atoms. The van der Waals surface area contributed by atoms with Crippen LogP contribution in [0, 0.1) is 0 Å². The largest absolute Gasteiger partial charge is 0.483 e. The Morgan fingerprint density at radius 1 is 1.04 bits per heavy atom. The van der Waals surface area contributed by atoms with E-state index in [1.165, 1.54) is 44.1 Å². The van der Waals surface area contributed by atoms with E-state index in [0.29, 0.717) is 12.1 Å². The van der Waals surface area contributed by atoms with E-state index in [1.807, 2.05) is 6.07 Å². The van der Waals surface area contributed by atoms with Crippen molar-refractivity contribution in [3.05, 3.63) is 28.2 Å². The molecule has 2 aliphatic rings. The summed E-state index contributed by atoms with van der Waals surface area (Å²) >= 11 is 3.61. The van der Waals surface area contributed by atoms with E-state index in [9.17, 15) is 4.79 Å². The first-order valence-corrected chi connectivity index (χ1v) is 11.7. The van der Waals surface area contributed by atoms with E-state index < -0.39 is 0 Å². The Hall–Kier alpha value is -1.03. The number of amides is 1. The van der Waals surface area contributed by atoms with Gasteiger partial charge in [-0.05, 0) is 65.7 Å². The molecule has 0 N–H and O–H groups in total. The molecule has 2 fully saturated rings. The van der Waals surface area contributed by atoms with Gasteiger partial charge in [-0.15, -0.1) is 0 Å². The fourth-order valence-corrected chi connectivity index (χ4v) is 5.28. The van der Waals surface area contributed by atoms with E-state index in [0.717, 1.165) is 48.7 Å². The van der Waals surface area contributed by atoms with Crippen LogP contribution in [0.2, 0.25) is 0 Å². The Bertz CT molecular complexity index is 588. The van der Waals surface area contributed by atoms with Crippen LogP contribution in [0.4, 0.5) is 0 Å². The summed E-state index contributed by atoms with van der Waals surface area (Å²) in [7, 11) is 0. The van der Waals surface area contributed by atoms with Crippen LogP contribution < -0.4 is 4.74 Å². The fraction of sp³-hybridized carbons (Fsp3) is 0.696. The Morgan fingerprint density at radius 2 is 1.63 bits per heavy atom. The third-order valence-corrected chi connectivity index (χ3v) is 6.73. The van der Waals surface area contributed by atoms with Crippen LogP contribution in [0.5, 0.6) is 5.75 Å². The first-order chi connectivity index (χ1) is 13.2. The third-order valence-electron chi connectivity index (χ3n) is 6.11. The Balaban J connectivity index is 1.64. The summed E-state index contributed by atoms with van der Waals surface area (Å²) in [5.74, 6) is 0.953. The summed E-state index contributed by atoms with van der Waals surface area (Å²) < 4.78 is 6.90. The van der Waals surface area contributed by atoms with E-state index in [1.54, 1.807) is 0 Å². The minimum absolute atomic E-state index is 0.152. The molecule has 3 nitrogen and oxygen atoms in total. The lowest BCUT2D eigenvalue weighted by Crippen LogP contribution is -2.50. The molecule has 0 aliphatic heterocycles. The molecule has 0 saturated heterocycles. The van der Waals surface area contributed by atoms with E-state index >= 15 is 0 Å². The number of benzene rings is 1. The first-order valence-electron chi connectivity index (χ1n) is 10.9. The van der Waals surface area contributed by atoms with Crippen molar-refractivity contribution >= 4 is 21.8 Å². The molecule has 2 saturated carbocycles. The van der Waals surface area contributed by atoms with Gasteiger partial charge in [-0.2, -0.15) is 0 Å². The minimum atomic E-state index is 0.152. The normalized spacial score (nSPS) is 19.0. The number of aryl methyl sites for hydroxylation is 1. The lowest BCUT2D eigenvalue weighted by Gasteiger charge is -2.41. The van der Waals surface area contributed by atoms with E-state index in [4.69, 9.17) is 4.74 Å². The van der Waals surface area contributed by atoms with Crippen LogP contribution in [0.1, 0.15) is 83.1 Å². The fourth-order valence-electron chi connectivity index (χ4n) is 4.74. The second kappa shape index (κ2) is 10.5. The van der Waals surface area contributed by atoms with Crippen molar-refractivity contribution in [3.63, 3.8) is 0 Å². The van der Waals surface area contributed by atoms with Gasteiger partial charge in [-0.25, -0.2) is 0 Å². The molecular formula is C23H34BrNO2. The molecule has 27 heavy (non-hydrogen) atoms. The number of halogens is 1. The zero-order chi connectivity index (χ0) is 19.1. The molecule has 0 aromatic heterocycles. The van der Waals surface area contributed by atoms with Gasteiger partial charge < -0.3 is 9.64 Å². The zero-order valence-electron chi connectivity index (χ0n) is 16.7. The molecular weight excluding hydrogens is 402 g/mol. The van der Waals surface area contributed by atoms with Crippen molar-refractivity contribution < 1.29 is 9.53 Å². The molecule has 2 aliphatic carbocycles. The van der Waals surface area contributed by atoms with Crippen LogP contribution in [-0.4, -0.2) is 29.5 Å². The Kier molecular flexibility index (Phi) is 8.05. The van der Waals surface area contributed by atoms with Crippen LogP contribution in [0.25, 0.3) is 0 Å². The average molecular weight is 436 g/mol. The smallest absolute Gasteiger partial charge is 0.261 e. The molecule has 0 heterocycles. The molecule has 4 heteroatoms. The molecule has 0 spiro atoms. The van der Waals surface area contributed by atoms with Crippen LogP contribution >= 0.6 is 15.9 Å². The number of carbonyl (C=O) groups is 1. The topological polar surface area (TPSA) is 29.5 Å². The average Bonchev–Trinajstić information content (AvgIpc) is 2.69. The van der Waals surface area contributed by atoms with Crippen molar-refractivity contribution in [2.45, 2.75) is 96.1 Å².